The maximum absolute atomic E-state index is 13.0. The molecule has 0 aromatic carbocycles. The van der Waals surface area contributed by atoms with Gasteiger partial charge >= 0.3 is 0 Å². The quantitative estimate of drug-likeness (QED) is 0.889. The molecule has 5 saturated carbocycles. The molecular weight excluding hydrogens is 336 g/mol. The minimum absolute atomic E-state index is 0.0206. The zero-order valence-electron chi connectivity index (χ0n) is 16.3. The smallest absolute Gasteiger partial charge is 0.277 e. The normalized spacial score (nSPS) is 35.5. The van der Waals surface area contributed by atoms with Crippen LogP contribution in [0.2, 0.25) is 0 Å². The Kier molecular flexibility index (Phi) is 3.43. The summed E-state index contributed by atoms with van der Waals surface area (Å²) in [5, 5.41) is 5.04. The Hall–Kier alpha value is -1.65. The van der Waals surface area contributed by atoms with Crippen LogP contribution >= 0.6 is 0 Å². The summed E-state index contributed by atoms with van der Waals surface area (Å²) in [4.78, 5) is 21.3. The zero-order chi connectivity index (χ0) is 18.2. The highest BCUT2D eigenvalue weighted by Crippen LogP contribution is 2.60. The number of nitrogens with one attached hydrogen (secondary N) is 1. The summed E-state index contributed by atoms with van der Waals surface area (Å²) in [7, 11) is 0. The Balaban J connectivity index is 1.55. The van der Waals surface area contributed by atoms with Crippen molar-refractivity contribution in [3.63, 3.8) is 0 Å². The number of fused-ring (bicyclic) bond motifs is 1. The monoisotopic (exact) mass is 366 g/mol. The van der Waals surface area contributed by atoms with E-state index in [1.807, 2.05) is 4.52 Å². The van der Waals surface area contributed by atoms with E-state index in [0.29, 0.717) is 11.4 Å². The number of imidazole rings is 1. The van der Waals surface area contributed by atoms with E-state index in [-0.39, 0.29) is 11.0 Å². The Labute approximate surface area is 160 Å². The molecule has 5 aliphatic carbocycles. The van der Waals surface area contributed by atoms with Gasteiger partial charge in [-0.2, -0.15) is 5.10 Å². The highest BCUT2D eigenvalue weighted by Gasteiger charge is 2.54. The lowest BCUT2D eigenvalue weighted by molar-refractivity contribution is -0.0102. The van der Waals surface area contributed by atoms with Crippen LogP contribution in [0.3, 0.4) is 0 Å². The first-order valence-electron chi connectivity index (χ1n) is 11.2. The van der Waals surface area contributed by atoms with E-state index in [9.17, 15) is 4.79 Å². The number of aromatic nitrogens is 4. The van der Waals surface area contributed by atoms with Gasteiger partial charge < -0.3 is 4.98 Å². The van der Waals surface area contributed by atoms with Gasteiger partial charge in [0, 0.05) is 11.3 Å². The molecule has 0 saturated heterocycles. The third-order valence-corrected chi connectivity index (χ3v) is 8.18. The molecule has 144 valence electrons. The molecule has 27 heavy (non-hydrogen) atoms. The van der Waals surface area contributed by atoms with Crippen LogP contribution in [-0.4, -0.2) is 19.6 Å². The summed E-state index contributed by atoms with van der Waals surface area (Å²) in [5.41, 5.74) is 1.84. The van der Waals surface area contributed by atoms with Gasteiger partial charge in [-0.25, -0.2) is 9.50 Å². The molecular formula is C22H30N4O. The molecule has 0 amide bonds. The fourth-order valence-electron chi connectivity index (χ4n) is 7.45. The van der Waals surface area contributed by atoms with Crippen molar-refractivity contribution in [2.24, 2.45) is 17.8 Å². The van der Waals surface area contributed by atoms with Gasteiger partial charge in [0.15, 0.2) is 5.52 Å². The molecule has 0 aliphatic heterocycles. The molecule has 5 nitrogen and oxygen atoms in total. The van der Waals surface area contributed by atoms with Crippen molar-refractivity contribution in [2.45, 2.75) is 88.9 Å². The molecule has 5 aliphatic rings. The Morgan fingerprint density at radius 3 is 2.30 bits per heavy atom. The molecule has 0 spiro atoms. The second-order valence-electron chi connectivity index (χ2n) is 10.0. The number of hydrogen-bond acceptors (Lipinski definition) is 3. The van der Waals surface area contributed by atoms with Gasteiger partial charge in [0.2, 0.25) is 0 Å². The largest absolute Gasteiger partial charge is 0.307 e. The molecule has 5 heteroatoms. The number of aromatic amines is 1. The van der Waals surface area contributed by atoms with Gasteiger partial charge in [0.05, 0.1) is 5.69 Å². The SMILES string of the molecule is CCc1nc(C23CC4CC(CC(C4)C2)C3)n2nc(C3CCCC3)[nH]c(=O)c12. The van der Waals surface area contributed by atoms with Crippen LogP contribution in [0.15, 0.2) is 4.79 Å². The van der Waals surface area contributed by atoms with E-state index in [0.717, 1.165) is 54.4 Å². The summed E-state index contributed by atoms with van der Waals surface area (Å²) < 4.78 is 2.01. The minimum atomic E-state index is 0.0206. The molecule has 0 unspecified atom stereocenters. The zero-order valence-corrected chi connectivity index (χ0v) is 16.3. The molecule has 2 aromatic rings. The molecule has 5 fully saturated rings. The van der Waals surface area contributed by atoms with E-state index in [4.69, 9.17) is 10.1 Å². The molecule has 0 radical (unpaired) electrons. The van der Waals surface area contributed by atoms with Gasteiger partial charge in [0.25, 0.3) is 5.56 Å². The number of H-pyrrole nitrogens is 1. The molecule has 7 rings (SSSR count). The van der Waals surface area contributed by atoms with Crippen LogP contribution in [0.25, 0.3) is 5.52 Å². The standard InChI is InChI=1S/C22H30N4O/c1-2-17-18-20(27)24-19(16-5-3-4-6-16)25-26(18)21(23-17)22-10-13-7-14(11-22)9-15(8-13)12-22/h13-16H,2-12H2,1H3,(H,24,25,27). The predicted molar refractivity (Wildman–Crippen MR) is 104 cm³/mol. The van der Waals surface area contributed by atoms with E-state index in [1.54, 1.807) is 0 Å². The molecule has 4 bridgehead atoms. The minimum Gasteiger partial charge on any atom is -0.307 e. The van der Waals surface area contributed by atoms with Crippen LogP contribution in [0.4, 0.5) is 0 Å². The summed E-state index contributed by atoms with van der Waals surface area (Å²) in [5.74, 6) is 5.04. The molecule has 1 N–H and O–H groups in total. The van der Waals surface area contributed by atoms with Gasteiger partial charge in [0.1, 0.15) is 11.6 Å². The highest BCUT2D eigenvalue weighted by atomic mass is 16.1. The summed E-state index contributed by atoms with van der Waals surface area (Å²) in [6.45, 7) is 2.11. The van der Waals surface area contributed by atoms with E-state index in [2.05, 4.69) is 11.9 Å². The van der Waals surface area contributed by atoms with Crippen LogP contribution in [-0.2, 0) is 11.8 Å². The van der Waals surface area contributed by atoms with Crippen molar-refractivity contribution in [3.8, 4) is 0 Å². The lowest BCUT2D eigenvalue weighted by Crippen LogP contribution is -2.49. The lowest BCUT2D eigenvalue weighted by atomic mass is 9.49. The Morgan fingerprint density at radius 2 is 1.70 bits per heavy atom. The third kappa shape index (κ3) is 2.32. The van der Waals surface area contributed by atoms with Crippen LogP contribution < -0.4 is 5.56 Å². The summed E-state index contributed by atoms with van der Waals surface area (Å²) >= 11 is 0. The molecule has 2 heterocycles. The van der Waals surface area contributed by atoms with Crippen molar-refractivity contribution in [3.05, 3.63) is 27.7 Å². The van der Waals surface area contributed by atoms with Crippen LogP contribution in [0.1, 0.15) is 94.4 Å². The van der Waals surface area contributed by atoms with E-state index < -0.39 is 0 Å². The van der Waals surface area contributed by atoms with E-state index >= 15 is 0 Å². The molecule has 0 atom stereocenters. The highest BCUT2D eigenvalue weighted by molar-refractivity contribution is 5.51. The maximum Gasteiger partial charge on any atom is 0.277 e. The van der Waals surface area contributed by atoms with Crippen molar-refractivity contribution >= 4 is 5.52 Å². The van der Waals surface area contributed by atoms with Crippen molar-refractivity contribution in [2.75, 3.05) is 0 Å². The van der Waals surface area contributed by atoms with Crippen molar-refractivity contribution in [1.82, 2.24) is 19.6 Å². The second kappa shape index (κ2) is 5.68. The fourth-order valence-corrected chi connectivity index (χ4v) is 7.45. The van der Waals surface area contributed by atoms with Crippen molar-refractivity contribution < 1.29 is 0 Å². The number of hydrogen-bond donors (Lipinski definition) is 1. The van der Waals surface area contributed by atoms with Gasteiger partial charge in [-0.15, -0.1) is 0 Å². The number of rotatable bonds is 3. The summed E-state index contributed by atoms with van der Waals surface area (Å²) in [6.07, 6.45) is 13.6. The van der Waals surface area contributed by atoms with Gasteiger partial charge in [-0.3, -0.25) is 4.79 Å². The first-order valence-corrected chi connectivity index (χ1v) is 11.2. The van der Waals surface area contributed by atoms with E-state index in [1.165, 1.54) is 51.4 Å². The fraction of sp³-hybridized carbons (Fsp3) is 0.773. The van der Waals surface area contributed by atoms with Gasteiger partial charge in [-0.05, 0) is 75.5 Å². The maximum atomic E-state index is 13.0. The van der Waals surface area contributed by atoms with Crippen molar-refractivity contribution in [1.29, 1.82) is 0 Å². The predicted octanol–water partition coefficient (Wildman–Crippen LogP) is 4.11. The summed E-state index contributed by atoms with van der Waals surface area (Å²) in [6, 6.07) is 0. The first-order chi connectivity index (χ1) is 13.1. The Morgan fingerprint density at radius 1 is 1.07 bits per heavy atom. The second-order valence-corrected chi connectivity index (χ2v) is 10.0. The lowest BCUT2D eigenvalue weighted by Gasteiger charge is -2.56. The topological polar surface area (TPSA) is 63.1 Å². The average Bonchev–Trinajstić information content (AvgIpc) is 3.28. The van der Waals surface area contributed by atoms with Crippen LogP contribution in [0, 0.1) is 17.8 Å². The number of nitrogens with zero attached hydrogens (tertiary/aromatic N) is 3. The third-order valence-electron chi connectivity index (χ3n) is 8.18. The molecule has 2 aromatic heterocycles. The average molecular weight is 367 g/mol. The Bertz CT molecular complexity index is 914. The number of aryl methyl sites for hydroxylation is 1. The first kappa shape index (κ1) is 16.3. The van der Waals surface area contributed by atoms with Gasteiger partial charge in [-0.1, -0.05) is 19.8 Å². The van der Waals surface area contributed by atoms with Crippen LogP contribution in [0.5, 0.6) is 0 Å².